The van der Waals surface area contributed by atoms with E-state index in [0.29, 0.717) is 0 Å². The molecular formula is C5H12N2O3. The van der Waals surface area contributed by atoms with Gasteiger partial charge in [-0.05, 0) is 0 Å². The summed E-state index contributed by atoms with van der Waals surface area (Å²) in [6.07, 6.45) is -0.153. The van der Waals surface area contributed by atoms with Crippen LogP contribution in [0.4, 0.5) is 0 Å². The largest absolute Gasteiger partial charge is 0.481 e. The third-order valence-electron chi connectivity index (χ3n) is 0.326. The van der Waals surface area contributed by atoms with Gasteiger partial charge in [0.15, 0.2) is 0 Å². The molecule has 0 spiro atoms. The van der Waals surface area contributed by atoms with Crippen molar-refractivity contribution >= 4 is 5.97 Å². The summed E-state index contributed by atoms with van der Waals surface area (Å²) >= 11 is 0. The normalized spacial score (nSPS) is 5.70. The van der Waals surface area contributed by atoms with Crippen molar-refractivity contribution in [3.63, 3.8) is 0 Å². The molecule has 60 valence electrons. The number of aliphatic carboxylic acids is 1. The summed E-state index contributed by atoms with van der Waals surface area (Å²) in [4.78, 5) is 9.44. The van der Waals surface area contributed by atoms with Gasteiger partial charge in [0.05, 0.1) is 19.1 Å². The molecule has 5 N–H and O–H groups in total. The Kier molecular flexibility index (Phi) is 25.0. The van der Waals surface area contributed by atoms with Crippen molar-refractivity contribution in [2.75, 3.05) is 6.61 Å². The van der Waals surface area contributed by atoms with Crippen molar-refractivity contribution in [2.45, 2.75) is 13.3 Å². The number of aliphatic hydroxyl groups excluding tert-OH is 1. The molecule has 0 fully saturated rings. The van der Waals surface area contributed by atoms with Crippen molar-refractivity contribution in [1.82, 2.24) is 6.15 Å². The second kappa shape index (κ2) is 15.7. The van der Waals surface area contributed by atoms with Crippen LogP contribution in [0.25, 0.3) is 0 Å². The average molecular weight is 148 g/mol. The van der Waals surface area contributed by atoms with Gasteiger partial charge in [-0.15, -0.1) is 0 Å². The lowest BCUT2D eigenvalue weighted by atomic mass is 10.5. The van der Waals surface area contributed by atoms with Crippen LogP contribution in [0, 0.1) is 11.3 Å². The van der Waals surface area contributed by atoms with Crippen molar-refractivity contribution in [1.29, 1.82) is 5.26 Å². The molecule has 0 heterocycles. The Balaban J connectivity index is -0.000000107. The predicted octanol–water partition coefficient (Wildman–Crippen LogP) is 0.145. The molecule has 0 radical (unpaired) electrons. The number of carboxylic acids is 1. The zero-order chi connectivity index (χ0) is 7.70. The molecule has 0 atom stereocenters. The fourth-order valence-corrected chi connectivity index (χ4v) is 0.0956. The first-order valence-corrected chi connectivity index (χ1v) is 2.32. The monoisotopic (exact) mass is 148 g/mol. The third kappa shape index (κ3) is 67.3. The maximum atomic E-state index is 9.44. The van der Waals surface area contributed by atoms with Gasteiger partial charge in [-0.1, -0.05) is 0 Å². The van der Waals surface area contributed by atoms with Crippen molar-refractivity contribution < 1.29 is 15.0 Å². The first-order chi connectivity index (χ1) is 4.18. The summed E-state index contributed by atoms with van der Waals surface area (Å²) in [7, 11) is 0. The summed E-state index contributed by atoms with van der Waals surface area (Å²) in [5.41, 5.74) is 0. The van der Waals surface area contributed by atoms with Crippen LogP contribution in [0.1, 0.15) is 13.3 Å². The number of carbonyl (C=O) groups is 1. The van der Waals surface area contributed by atoms with Crippen LogP contribution in [0.15, 0.2) is 0 Å². The number of nitriles is 1. The molecule has 0 aliphatic carbocycles. The highest BCUT2D eigenvalue weighted by molar-refractivity contribution is 5.66. The Bertz CT molecular complexity index is 108. The van der Waals surface area contributed by atoms with Gasteiger partial charge in [-0.25, -0.2) is 0 Å². The number of hydrogen-bond acceptors (Lipinski definition) is 4. The van der Waals surface area contributed by atoms with E-state index < -0.39 is 5.97 Å². The fraction of sp³-hybridized carbons (Fsp3) is 0.600. The van der Waals surface area contributed by atoms with Crippen LogP contribution < -0.4 is 6.15 Å². The molecule has 0 unspecified atom stereocenters. The molecule has 5 heteroatoms. The van der Waals surface area contributed by atoms with E-state index in [4.69, 9.17) is 15.5 Å². The van der Waals surface area contributed by atoms with E-state index in [2.05, 4.69) is 0 Å². The van der Waals surface area contributed by atoms with Gasteiger partial charge in [0.1, 0.15) is 0 Å². The number of aliphatic hydroxyl groups is 1. The number of hydrogen-bond donors (Lipinski definition) is 3. The molecule has 0 saturated carbocycles. The van der Waals surface area contributed by atoms with Crippen molar-refractivity contribution in [3.8, 4) is 6.07 Å². The lowest BCUT2D eigenvalue weighted by Crippen LogP contribution is -1.96. The molecule has 0 aromatic heterocycles. The second-order valence-electron chi connectivity index (χ2n) is 1.09. The van der Waals surface area contributed by atoms with Gasteiger partial charge in [-0.2, -0.15) is 5.26 Å². The lowest BCUT2D eigenvalue weighted by molar-refractivity contribution is -0.137. The Morgan fingerprint density at radius 1 is 1.70 bits per heavy atom. The topological polar surface area (TPSA) is 116 Å². The molecule has 0 aliphatic heterocycles. The van der Waals surface area contributed by atoms with Crippen molar-refractivity contribution in [2.24, 2.45) is 0 Å². The number of carboxylic acid groups (broad SMARTS) is 1. The molecule has 5 nitrogen and oxygen atoms in total. The Morgan fingerprint density at radius 3 is 2.00 bits per heavy atom. The molecule has 0 saturated heterocycles. The minimum atomic E-state index is -0.961. The Labute approximate surface area is 59.5 Å². The quantitative estimate of drug-likeness (QED) is 0.515. The van der Waals surface area contributed by atoms with Gasteiger partial charge < -0.3 is 16.4 Å². The Hall–Kier alpha value is -1.12. The van der Waals surface area contributed by atoms with E-state index in [1.165, 1.54) is 6.92 Å². The van der Waals surface area contributed by atoms with Crippen LogP contribution in [0.3, 0.4) is 0 Å². The maximum absolute atomic E-state index is 9.44. The minimum Gasteiger partial charge on any atom is -0.481 e. The van der Waals surface area contributed by atoms with E-state index in [9.17, 15) is 4.79 Å². The third-order valence-corrected chi connectivity index (χ3v) is 0.326. The molecule has 0 rings (SSSR count). The molecule has 0 amide bonds. The smallest absolute Gasteiger partial charge is 0.305 e. The van der Waals surface area contributed by atoms with E-state index in [1.54, 1.807) is 6.07 Å². The van der Waals surface area contributed by atoms with Gasteiger partial charge >= 0.3 is 5.97 Å². The first kappa shape index (κ1) is 15.9. The van der Waals surface area contributed by atoms with Gasteiger partial charge in [-0.3, -0.25) is 4.79 Å². The molecule has 10 heavy (non-hydrogen) atoms. The van der Waals surface area contributed by atoms with Crippen LogP contribution >= 0.6 is 0 Å². The summed E-state index contributed by atoms with van der Waals surface area (Å²) in [6, 6.07) is 1.75. The maximum Gasteiger partial charge on any atom is 0.305 e. The number of rotatable bonds is 2. The standard InChI is InChI=1S/C3H6O3.C2H3N.H3N/c4-2-1-3(5)6;1-2-3;/h4H,1-2H2,(H,5,6);1H3;1H3. The van der Waals surface area contributed by atoms with E-state index in [-0.39, 0.29) is 19.2 Å². The zero-order valence-electron chi connectivity index (χ0n) is 5.87. The summed E-state index contributed by atoms with van der Waals surface area (Å²) in [5, 5.41) is 22.9. The van der Waals surface area contributed by atoms with E-state index >= 15 is 0 Å². The highest BCUT2D eigenvalue weighted by atomic mass is 16.4. The minimum absolute atomic E-state index is 0. The van der Waals surface area contributed by atoms with Gasteiger partial charge in [0, 0.05) is 6.92 Å². The summed E-state index contributed by atoms with van der Waals surface area (Å²) in [5.74, 6) is -0.961. The van der Waals surface area contributed by atoms with E-state index in [0.717, 1.165) is 0 Å². The number of nitrogens with zero attached hydrogens (tertiary/aromatic N) is 1. The van der Waals surface area contributed by atoms with Crippen LogP contribution in [-0.2, 0) is 4.79 Å². The van der Waals surface area contributed by atoms with Crippen LogP contribution in [0.2, 0.25) is 0 Å². The highest BCUT2D eigenvalue weighted by Crippen LogP contribution is 1.70. The second-order valence-corrected chi connectivity index (χ2v) is 1.09. The average Bonchev–Trinajstić information content (AvgIpc) is 1.67. The van der Waals surface area contributed by atoms with Crippen LogP contribution in [-0.4, -0.2) is 22.8 Å². The lowest BCUT2D eigenvalue weighted by Gasteiger charge is -1.79. The zero-order valence-corrected chi connectivity index (χ0v) is 5.87. The Morgan fingerprint density at radius 2 is 2.00 bits per heavy atom. The predicted molar refractivity (Wildman–Crippen MR) is 35.6 cm³/mol. The highest BCUT2D eigenvalue weighted by Gasteiger charge is 1.88. The molecule has 0 aromatic carbocycles. The molecule has 0 aromatic rings. The van der Waals surface area contributed by atoms with Gasteiger partial charge in [0.2, 0.25) is 0 Å². The van der Waals surface area contributed by atoms with Crippen molar-refractivity contribution in [3.05, 3.63) is 0 Å². The van der Waals surface area contributed by atoms with Crippen LogP contribution in [0.5, 0.6) is 0 Å². The molecule has 0 bridgehead atoms. The van der Waals surface area contributed by atoms with E-state index in [1.807, 2.05) is 0 Å². The molecule has 0 aliphatic rings. The SMILES string of the molecule is CC#N.N.O=C(O)CCO. The molecular weight excluding hydrogens is 136 g/mol. The first-order valence-electron chi connectivity index (χ1n) is 2.32. The van der Waals surface area contributed by atoms with Gasteiger partial charge in [0.25, 0.3) is 0 Å². The fourth-order valence-electron chi connectivity index (χ4n) is 0.0956. The summed E-state index contributed by atoms with van der Waals surface area (Å²) in [6.45, 7) is 1.16. The summed E-state index contributed by atoms with van der Waals surface area (Å²) < 4.78 is 0.